The highest BCUT2D eigenvalue weighted by atomic mass is 16.3. The first kappa shape index (κ1) is 14.5. The van der Waals surface area contributed by atoms with Gasteiger partial charge in [0.25, 0.3) is 0 Å². The molecule has 3 atom stereocenters. The summed E-state index contributed by atoms with van der Waals surface area (Å²) in [6.07, 6.45) is 5.10. The molecular formula is C13H26N2O2. The van der Waals surface area contributed by atoms with Gasteiger partial charge in [-0.2, -0.15) is 0 Å². The predicted octanol–water partition coefficient (Wildman–Crippen LogP) is 0.886. The molecule has 0 aromatic rings. The van der Waals surface area contributed by atoms with Crippen molar-refractivity contribution < 1.29 is 9.90 Å². The Kier molecular flexibility index (Phi) is 6.52. The Morgan fingerprint density at radius 1 is 1.53 bits per heavy atom. The van der Waals surface area contributed by atoms with Crippen molar-refractivity contribution in [1.29, 1.82) is 0 Å². The van der Waals surface area contributed by atoms with Crippen molar-refractivity contribution in [3.05, 3.63) is 0 Å². The fourth-order valence-corrected chi connectivity index (χ4v) is 2.55. The van der Waals surface area contributed by atoms with Crippen LogP contribution in [0.25, 0.3) is 0 Å². The third kappa shape index (κ3) is 4.64. The van der Waals surface area contributed by atoms with Gasteiger partial charge < -0.3 is 16.2 Å². The average Bonchev–Trinajstić information content (AvgIpc) is 2.82. The van der Waals surface area contributed by atoms with Crippen LogP contribution in [0.4, 0.5) is 0 Å². The molecule has 0 bridgehead atoms. The van der Waals surface area contributed by atoms with Crippen LogP contribution >= 0.6 is 0 Å². The summed E-state index contributed by atoms with van der Waals surface area (Å²) in [6.45, 7) is 3.59. The quantitative estimate of drug-likeness (QED) is 0.580. The minimum absolute atomic E-state index is 0.135. The highest BCUT2D eigenvalue weighted by molar-refractivity contribution is 5.79. The minimum Gasteiger partial charge on any atom is -0.396 e. The monoisotopic (exact) mass is 242 g/mol. The fraction of sp³-hybridized carbons (Fsp3) is 0.923. The van der Waals surface area contributed by atoms with Crippen LogP contribution in [-0.4, -0.2) is 30.7 Å². The van der Waals surface area contributed by atoms with Crippen molar-refractivity contribution in [2.75, 3.05) is 19.7 Å². The number of aliphatic hydroxyl groups is 1. The molecule has 4 nitrogen and oxygen atoms in total. The lowest BCUT2D eigenvalue weighted by Crippen LogP contribution is -2.35. The van der Waals surface area contributed by atoms with Crippen LogP contribution < -0.4 is 11.1 Å². The number of nitrogens with two attached hydrogens (primary N) is 1. The van der Waals surface area contributed by atoms with Crippen molar-refractivity contribution in [2.24, 2.45) is 23.5 Å². The summed E-state index contributed by atoms with van der Waals surface area (Å²) in [5.74, 6) is 1.02. The summed E-state index contributed by atoms with van der Waals surface area (Å²) in [7, 11) is 0. The predicted molar refractivity (Wildman–Crippen MR) is 68.4 cm³/mol. The Labute approximate surface area is 104 Å². The molecule has 1 fully saturated rings. The standard InChI is InChI=1S/C13H26N2O2/c1-10(9-16)4-3-7-15-13(17)12-6-2-5-11(12)8-14/h10-12,16H,2-9,14H2,1H3,(H,15,17). The van der Waals surface area contributed by atoms with Gasteiger partial charge in [-0.15, -0.1) is 0 Å². The van der Waals surface area contributed by atoms with E-state index in [0.29, 0.717) is 18.4 Å². The smallest absolute Gasteiger partial charge is 0.223 e. The first-order chi connectivity index (χ1) is 8.19. The summed E-state index contributed by atoms with van der Waals surface area (Å²) < 4.78 is 0. The van der Waals surface area contributed by atoms with Crippen LogP contribution in [0.5, 0.6) is 0 Å². The van der Waals surface area contributed by atoms with E-state index in [0.717, 1.165) is 38.6 Å². The van der Waals surface area contributed by atoms with Gasteiger partial charge in [-0.1, -0.05) is 13.3 Å². The third-order valence-electron chi connectivity index (χ3n) is 3.78. The van der Waals surface area contributed by atoms with Crippen molar-refractivity contribution in [3.8, 4) is 0 Å². The number of hydrogen-bond donors (Lipinski definition) is 3. The molecule has 4 N–H and O–H groups in total. The molecule has 1 amide bonds. The van der Waals surface area contributed by atoms with Gasteiger partial charge >= 0.3 is 0 Å². The van der Waals surface area contributed by atoms with Gasteiger partial charge in [0.1, 0.15) is 0 Å². The van der Waals surface area contributed by atoms with E-state index in [2.05, 4.69) is 5.32 Å². The Morgan fingerprint density at radius 2 is 2.29 bits per heavy atom. The average molecular weight is 242 g/mol. The van der Waals surface area contributed by atoms with E-state index in [1.165, 1.54) is 0 Å². The zero-order valence-corrected chi connectivity index (χ0v) is 10.8. The zero-order valence-electron chi connectivity index (χ0n) is 10.8. The highest BCUT2D eigenvalue weighted by Crippen LogP contribution is 2.30. The Balaban J connectivity index is 2.16. The van der Waals surface area contributed by atoms with E-state index in [1.54, 1.807) is 0 Å². The first-order valence-corrected chi connectivity index (χ1v) is 6.77. The number of carbonyl (C=O) groups excluding carboxylic acids is 1. The lowest BCUT2D eigenvalue weighted by atomic mass is 9.95. The number of amides is 1. The van der Waals surface area contributed by atoms with Crippen LogP contribution in [0.15, 0.2) is 0 Å². The van der Waals surface area contributed by atoms with Gasteiger partial charge in [-0.25, -0.2) is 0 Å². The van der Waals surface area contributed by atoms with E-state index in [1.807, 2.05) is 6.92 Å². The molecule has 1 rings (SSSR count). The van der Waals surface area contributed by atoms with E-state index < -0.39 is 0 Å². The van der Waals surface area contributed by atoms with Crippen molar-refractivity contribution in [1.82, 2.24) is 5.32 Å². The van der Waals surface area contributed by atoms with E-state index in [9.17, 15) is 4.79 Å². The molecule has 3 unspecified atom stereocenters. The zero-order chi connectivity index (χ0) is 12.7. The number of hydrogen-bond acceptors (Lipinski definition) is 3. The molecule has 0 saturated heterocycles. The van der Waals surface area contributed by atoms with Crippen molar-refractivity contribution >= 4 is 5.91 Å². The molecule has 0 aromatic carbocycles. The number of aliphatic hydroxyl groups excluding tert-OH is 1. The Bertz CT molecular complexity index is 233. The molecule has 1 aliphatic rings. The molecule has 100 valence electrons. The summed E-state index contributed by atoms with van der Waals surface area (Å²) >= 11 is 0. The third-order valence-corrected chi connectivity index (χ3v) is 3.78. The summed E-state index contributed by atoms with van der Waals surface area (Å²) in [6, 6.07) is 0. The SMILES string of the molecule is CC(CO)CCCNC(=O)C1CCCC1CN. The van der Waals surface area contributed by atoms with Crippen molar-refractivity contribution in [2.45, 2.75) is 39.0 Å². The molecule has 0 aliphatic heterocycles. The maximum Gasteiger partial charge on any atom is 0.223 e. The fourth-order valence-electron chi connectivity index (χ4n) is 2.55. The van der Waals surface area contributed by atoms with E-state index >= 15 is 0 Å². The molecule has 17 heavy (non-hydrogen) atoms. The molecule has 0 spiro atoms. The van der Waals surface area contributed by atoms with Crippen LogP contribution in [0, 0.1) is 17.8 Å². The molecule has 4 heteroatoms. The van der Waals surface area contributed by atoms with Crippen LogP contribution in [0.1, 0.15) is 39.0 Å². The highest BCUT2D eigenvalue weighted by Gasteiger charge is 2.31. The lowest BCUT2D eigenvalue weighted by molar-refractivity contribution is -0.125. The molecule has 0 radical (unpaired) electrons. The van der Waals surface area contributed by atoms with E-state index in [-0.39, 0.29) is 18.4 Å². The molecular weight excluding hydrogens is 216 g/mol. The first-order valence-electron chi connectivity index (χ1n) is 6.77. The maximum atomic E-state index is 11.9. The molecule has 0 heterocycles. The van der Waals surface area contributed by atoms with Gasteiger partial charge in [0.05, 0.1) is 0 Å². The molecule has 0 aromatic heterocycles. The minimum atomic E-state index is 0.135. The Morgan fingerprint density at radius 3 is 2.94 bits per heavy atom. The van der Waals surface area contributed by atoms with Crippen LogP contribution in [-0.2, 0) is 4.79 Å². The van der Waals surface area contributed by atoms with Gasteiger partial charge in [0.15, 0.2) is 0 Å². The molecule has 1 saturated carbocycles. The van der Waals surface area contributed by atoms with Gasteiger partial charge in [-0.05, 0) is 44.1 Å². The van der Waals surface area contributed by atoms with Crippen LogP contribution in [0.2, 0.25) is 0 Å². The van der Waals surface area contributed by atoms with Crippen molar-refractivity contribution in [3.63, 3.8) is 0 Å². The number of nitrogens with one attached hydrogen (secondary N) is 1. The van der Waals surface area contributed by atoms with Gasteiger partial charge in [-0.3, -0.25) is 4.79 Å². The van der Waals surface area contributed by atoms with E-state index in [4.69, 9.17) is 10.8 Å². The summed E-state index contributed by atoms with van der Waals surface area (Å²) in [4.78, 5) is 11.9. The number of carbonyl (C=O) groups is 1. The van der Waals surface area contributed by atoms with Crippen LogP contribution in [0.3, 0.4) is 0 Å². The second-order valence-corrected chi connectivity index (χ2v) is 5.25. The summed E-state index contributed by atoms with van der Waals surface area (Å²) in [5.41, 5.74) is 5.67. The lowest BCUT2D eigenvalue weighted by Gasteiger charge is -2.17. The second-order valence-electron chi connectivity index (χ2n) is 5.25. The Hall–Kier alpha value is -0.610. The topological polar surface area (TPSA) is 75.3 Å². The molecule has 1 aliphatic carbocycles. The second kappa shape index (κ2) is 7.67. The van der Waals surface area contributed by atoms with Gasteiger partial charge in [0.2, 0.25) is 5.91 Å². The number of rotatable bonds is 7. The largest absolute Gasteiger partial charge is 0.396 e. The normalized spacial score (nSPS) is 25.8. The maximum absolute atomic E-state index is 11.9. The van der Waals surface area contributed by atoms with Gasteiger partial charge in [0, 0.05) is 19.1 Å². The summed E-state index contributed by atoms with van der Waals surface area (Å²) in [5, 5.41) is 11.9.